The molecule has 1 N–H and O–H groups in total. The Balaban J connectivity index is 2.63. The van der Waals surface area contributed by atoms with Gasteiger partial charge in [0.05, 0.1) is 7.11 Å². The van der Waals surface area contributed by atoms with Gasteiger partial charge in [0, 0.05) is 25.2 Å². The quantitative estimate of drug-likeness (QED) is 0.652. The number of ketones is 1. The van der Waals surface area contributed by atoms with Crippen LogP contribution in [0.1, 0.15) is 17.3 Å². The fraction of sp³-hybridized carbons (Fsp3) is 0.308. The highest BCUT2D eigenvalue weighted by atomic mass is 16.7. The zero-order chi connectivity index (χ0) is 15.1. The highest BCUT2D eigenvalue weighted by Gasteiger charge is 2.13. The second kappa shape index (κ2) is 7.25. The third kappa shape index (κ3) is 4.69. The highest BCUT2D eigenvalue weighted by Crippen LogP contribution is 2.11. The maximum absolute atomic E-state index is 11.8. The Morgan fingerprint density at radius 2 is 2.00 bits per heavy atom. The SMILES string of the molecule is CON(C)C(=O)OCC(=O)c1cccc(NC(C)=O)c1. The van der Waals surface area contributed by atoms with Crippen LogP contribution in [0.4, 0.5) is 10.5 Å². The summed E-state index contributed by atoms with van der Waals surface area (Å²) in [4.78, 5) is 38.7. The molecule has 0 radical (unpaired) electrons. The van der Waals surface area contributed by atoms with Gasteiger partial charge in [0.15, 0.2) is 12.4 Å². The van der Waals surface area contributed by atoms with Crippen LogP contribution in [0.3, 0.4) is 0 Å². The Labute approximate surface area is 116 Å². The summed E-state index contributed by atoms with van der Waals surface area (Å²) in [7, 11) is 2.67. The summed E-state index contributed by atoms with van der Waals surface area (Å²) in [6, 6.07) is 6.36. The highest BCUT2D eigenvalue weighted by molar-refractivity contribution is 5.99. The lowest BCUT2D eigenvalue weighted by Crippen LogP contribution is -2.28. The molecular formula is C13H16N2O5. The molecule has 7 nitrogen and oxygen atoms in total. The van der Waals surface area contributed by atoms with Gasteiger partial charge in [0.25, 0.3) is 0 Å². The normalized spacial score (nSPS) is 9.75. The Kier molecular flexibility index (Phi) is 5.67. The molecular weight excluding hydrogens is 264 g/mol. The van der Waals surface area contributed by atoms with Gasteiger partial charge < -0.3 is 10.1 Å². The van der Waals surface area contributed by atoms with Crippen molar-refractivity contribution in [2.24, 2.45) is 0 Å². The Bertz CT molecular complexity index is 515. The molecule has 0 saturated heterocycles. The van der Waals surface area contributed by atoms with Crippen molar-refractivity contribution < 1.29 is 24.0 Å². The third-order valence-corrected chi connectivity index (χ3v) is 2.36. The first kappa shape index (κ1) is 15.6. The summed E-state index contributed by atoms with van der Waals surface area (Å²) in [5, 5.41) is 3.43. The first-order chi connectivity index (χ1) is 9.43. The number of amides is 2. The van der Waals surface area contributed by atoms with Gasteiger partial charge in [0.2, 0.25) is 5.91 Å². The van der Waals surface area contributed by atoms with E-state index in [0.29, 0.717) is 11.3 Å². The Hall–Kier alpha value is -2.41. The number of Topliss-reactive ketones (excluding diaryl/α,β-unsaturated/α-hetero) is 1. The van der Waals surface area contributed by atoms with Crippen LogP contribution in [0.25, 0.3) is 0 Å². The minimum Gasteiger partial charge on any atom is -0.440 e. The van der Waals surface area contributed by atoms with Crippen molar-refractivity contribution in [1.82, 2.24) is 5.06 Å². The Morgan fingerprint density at radius 1 is 1.30 bits per heavy atom. The van der Waals surface area contributed by atoms with Crippen LogP contribution in [0.5, 0.6) is 0 Å². The van der Waals surface area contributed by atoms with Crippen LogP contribution >= 0.6 is 0 Å². The molecule has 0 atom stereocenters. The fourth-order valence-corrected chi connectivity index (χ4v) is 1.35. The first-order valence-corrected chi connectivity index (χ1v) is 5.79. The van der Waals surface area contributed by atoms with E-state index in [-0.39, 0.29) is 11.7 Å². The van der Waals surface area contributed by atoms with Gasteiger partial charge in [-0.15, -0.1) is 0 Å². The summed E-state index contributed by atoms with van der Waals surface area (Å²) >= 11 is 0. The third-order valence-electron chi connectivity index (χ3n) is 2.36. The molecule has 0 heterocycles. The predicted octanol–water partition coefficient (Wildman–Crippen LogP) is 1.46. The predicted molar refractivity (Wildman–Crippen MR) is 71.2 cm³/mol. The monoisotopic (exact) mass is 280 g/mol. The van der Waals surface area contributed by atoms with E-state index in [1.165, 1.54) is 27.1 Å². The summed E-state index contributed by atoms with van der Waals surface area (Å²) in [5.74, 6) is -0.613. The minimum atomic E-state index is -0.765. The number of nitrogens with zero attached hydrogens (tertiary/aromatic N) is 1. The van der Waals surface area contributed by atoms with Crippen molar-refractivity contribution in [2.75, 3.05) is 26.1 Å². The molecule has 0 aliphatic heterocycles. The van der Waals surface area contributed by atoms with Crippen LogP contribution in [-0.4, -0.2) is 43.6 Å². The second-order valence-electron chi connectivity index (χ2n) is 3.92. The summed E-state index contributed by atoms with van der Waals surface area (Å²) in [6.45, 7) is 0.965. The summed E-state index contributed by atoms with van der Waals surface area (Å²) in [5.41, 5.74) is 0.841. The number of hydrogen-bond donors (Lipinski definition) is 1. The van der Waals surface area contributed by atoms with Crippen molar-refractivity contribution in [3.05, 3.63) is 29.8 Å². The van der Waals surface area contributed by atoms with Crippen molar-refractivity contribution in [1.29, 1.82) is 0 Å². The Morgan fingerprint density at radius 3 is 2.60 bits per heavy atom. The van der Waals surface area contributed by atoms with E-state index in [2.05, 4.69) is 10.2 Å². The molecule has 0 unspecified atom stereocenters. The lowest BCUT2D eigenvalue weighted by atomic mass is 10.1. The number of benzene rings is 1. The molecule has 2 amide bonds. The average Bonchev–Trinajstić information content (AvgIpc) is 2.43. The topological polar surface area (TPSA) is 84.9 Å². The van der Waals surface area contributed by atoms with E-state index in [4.69, 9.17) is 4.74 Å². The summed E-state index contributed by atoms with van der Waals surface area (Å²) in [6.07, 6.45) is -0.765. The van der Waals surface area contributed by atoms with Gasteiger partial charge in [-0.05, 0) is 12.1 Å². The van der Waals surface area contributed by atoms with Gasteiger partial charge in [0.1, 0.15) is 0 Å². The van der Waals surface area contributed by atoms with Crippen LogP contribution < -0.4 is 5.32 Å². The van der Waals surface area contributed by atoms with E-state index >= 15 is 0 Å². The van der Waals surface area contributed by atoms with Crippen molar-refractivity contribution in [3.8, 4) is 0 Å². The molecule has 0 aromatic heterocycles. The van der Waals surface area contributed by atoms with Crippen molar-refractivity contribution in [2.45, 2.75) is 6.92 Å². The van der Waals surface area contributed by atoms with Gasteiger partial charge >= 0.3 is 6.09 Å². The molecule has 0 spiro atoms. The second-order valence-corrected chi connectivity index (χ2v) is 3.92. The smallest absolute Gasteiger partial charge is 0.434 e. The van der Waals surface area contributed by atoms with Gasteiger partial charge in [-0.25, -0.2) is 4.79 Å². The molecule has 1 rings (SSSR count). The average molecular weight is 280 g/mol. The minimum absolute atomic E-state index is 0.234. The molecule has 20 heavy (non-hydrogen) atoms. The number of rotatable bonds is 5. The van der Waals surface area contributed by atoms with E-state index in [0.717, 1.165) is 5.06 Å². The first-order valence-electron chi connectivity index (χ1n) is 5.79. The van der Waals surface area contributed by atoms with E-state index < -0.39 is 12.7 Å². The van der Waals surface area contributed by atoms with Gasteiger partial charge in [-0.1, -0.05) is 12.1 Å². The zero-order valence-electron chi connectivity index (χ0n) is 11.5. The lowest BCUT2D eigenvalue weighted by Gasteiger charge is -2.13. The molecule has 1 aromatic carbocycles. The van der Waals surface area contributed by atoms with E-state index in [1.54, 1.807) is 18.2 Å². The lowest BCUT2D eigenvalue weighted by molar-refractivity contribution is -0.114. The summed E-state index contributed by atoms with van der Waals surface area (Å²) < 4.78 is 4.76. The molecule has 0 saturated carbocycles. The largest absolute Gasteiger partial charge is 0.440 e. The molecule has 0 fully saturated rings. The van der Waals surface area contributed by atoms with Crippen LogP contribution in [0.15, 0.2) is 24.3 Å². The van der Waals surface area contributed by atoms with Crippen LogP contribution in [0, 0.1) is 0 Å². The fourth-order valence-electron chi connectivity index (χ4n) is 1.35. The standard InChI is InChI=1S/C13H16N2O5/c1-9(16)14-11-6-4-5-10(7-11)12(17)8-20-13(18)15(2)19-3/h4-7H,8H2,1-3H3,(H,14,16). The molecule has 0 bridgehead atoms. The number of hydroxylamine groups is 2. The molecule has 0 aliphatic rings. The molecule has 1 aromatic rings. The molecule has 0 aliphatic carbocycles. The van der Waals surface area contributed by atoms with E-state index in [9.17, 15) is 14.4 Å². The number of carbonyl (C=O) groups is 3. The van der Waals surface area contributed by atoms with E-state index in [1.807, 2.05) is 0 Å². The van der Waals surface area contributed by atoms with Crippen LogP contribution in [0.2, 0.25) is 0 Å². The maximum atomic E-state index is 11.8. The number of nitrogens with one attached hydrogen (secondary N) is 1. The number of hydrogen-bond acceptors (Lipinski definition) is 5. The number of anilines is 1. The van der Waals surface area contributed by atoms with Gasteiger partial charge in [-0.2, -0.15) is 5.06 Å². The van der Waals surface area contributed by atoms with Crippen molar-refractivity contribution >= 4 is 23.5 Å². The number of ether oxygens (including phenoxy) is 1. The van der Waals surface area contributed by atoms with Crippen LogP contribution in [-0.2, 0) is 14.4 Å². The molecule has 108 valence electrons. The van der Waals surface area contributed by atoms with Crippen molar-refractivity contribution in [3.63, 3.8) is 0 Å². The number of carbonyl (C=O) groups excluding carboxylic acids is 3. The maximum Gasteiger partial charge on any atom is 0.434 e. The van der Waals surface area contributed by atoms with Gasteiger partial charge in [-0.3, -0.25) is 14.4 Å². The zero-order valence-corrected chi connectivity index (χ0v) is 11.5. The molecule has 7 heteroatoms.